The molecule has 0 fully saturated rings. The lowest BCUT2D eigenvalue weighted by atomic mass is 10.1. The zero-order chi connectivity index (χ0) is 22.4. The van der Waals surface area contributed by atoms with E-state index in [1.54, 1.807) is 6.08 Å². The number of hydrogen-bond acceptors (Lipinski definition) is 3. The van der Waals surface area contributed by atoms with E-state index in [-0.39, 0.29) is 5.57 Å². The van der Waals surface area contributed by atoms with Crippen LogP contribution in [0.2, 0.25) is 0 Å². The van der Waals surface area contributed by atoms with Gasteiger partial charge in [-0.15, -0.1) is 0 Å². The molecular formula is C25H20Br2N2O2. The first-order valence-electron chi connectivity index (χ1n) is 9.53. The molecular weight excluding hydrogens is 520 g/mol. The minimum absolute atomic E-state index is 0.00924. The Hall–Kier alpha value is -2.88. The summed E-state index contributed by atoms with van der Waals surface area (Å²) in [5.74, 6) is 0.196. The van der Waals surface area contributed by atoms with Crippen LogP contribution in [0.4, 0.5) is 5.69 Å². The molecule has 0 saturated carbocycles. The molecule has 0 heterocycles. The number of halogens is 2. The van der Waals surface area contributed by atoms with E-state index in [1.165, 1.54) is 0 Å². The van der Waals surface area contributed by atoms with E-state index in [0.29, 0.717) is 23.6 Å². The van der Waals surface area contributed by atoms with Crippen LogP contribution >= 0.6 is 31.9 Å². The Bertz CT molecular complexity index is 1160. The second-order valence-electron chi connectivity index (χ2n) is 7.01. The number of hydrogen-bond donors (Lipinski definition) is 1. The van der Waals surface area contributed by atoms with Crippen molar-refractivity contribution >= 4 is 49.5 Å². The first-order valence-corrected chi connectivity index (χ1v) is 11.1. The molecule has 4 nitrogen and oxygen atoms in total. The van der Waals surface area contributed by atoms with Gasteiger partial charge in [-0.2, -0.15) is 5.26 Å². The fourth-order valence-electron chi connectivity index (χ4n) is 2.86. The van der Waals surface area contributed by atoms with Crippen LogP contribution in [0.25, 0.3) is 6.08 Å². The summed E-state index contributed by atoms with van der Waals surface area (Å²) in [4.78, 5) is 12.6. The second kappa shape index (κ2) is 10.4. The summed E-state index contributed by atoms with van der Waals surface area (Å²) in [5.41, 5.74) is 4.62. The molecule has 0 bridgehead atoms. The van der Waals surface area contributed by atoms with Crippen molar-refractivity contribution < 1.29 is 9.53 Å². The lowest BCUT2D eigenvalue weighted by Crippen LogP contribution is -2.13. The SMILES string of the molecule is Cc1ccc(NC(=O)/C(C#N)=C/c2cc(Br)c(OCc3ccccc3)c(Br)c2)cc1C. The van der Waals surface area contributed by atoms with Crippen LogP contribution in [0.3, 0.4) is 0 Å². The van der Waals surface area contributed by atoms with Crippen molar-refractivity contribution in [3.05, 3.63) is 97.4 Å². The number of nitrogens with one attached hydrogen (secondary N) is 1. The van der Waals surface area contributed by atoms with Crippen LogP contribution < -0.4 is 10.1 Å². The van der Waals surface area contributed by atoms with Crippen LogP contribution in [0.15, 0.2) is 75.2 Å². The number of carbonyl (C=O) groups is 1. The van der Waals surface area contributed by atoms with Gasteiger partial charge in [-0.05, 0) is 98.3 Å². The standard InChI is InChI=1S/C25H20Br2N2O2/c1-16-8-9-21(10-17(16)2)29-25(30)20(14-28)11-19-12-22(26)24(23(27)13-19)31-15-18-6-4-3-5-7-18/h3-13H,15H2,1-2H3,(H,29,30)/b20-11+. The summed E-state index contributed by atoms with van der Waals surface area (Å²) in [6, 6.07) is 21.1. The van der Waals surface area contributed by atoms with Crippen molar-refractivity contribution in [3.63, 3.8) is 0 Å². The molecule has 0 spiro atoms. The first kappa shape index (κ1) is 22.8. The van der Waals surface area contributed by atoms with Gasteiger partial charge in [0.25, 0.3) is 5.91 Å². The normalized spacial score (nSPS) is 11.0. The predicted octanol–water partition coefficient (Wildman–Crippen LogP) is 6.95. The van der Waals surface area contributed by atoms with Gasteiger partial charge in [0, 0.05) is 5.69 Å². The van der Waals surface area contributed by atoms with Gasteiger partial charge in [0.15, 0.2) is 0 Å². The topological polar surface area (TPSA) is 62.1 Å². The van der Waals surface area contributed by atoms with Crippen molar-refractivity contribution in [1.82, 2.24) is 0 Å². The average molecular weight is 540 g/mol. The van der Waals surface area contributed by atoms with Gasteiger partial charge in [0.2, 0.25) is 0 Å². The summed E-state index contributed by atoms with van der Waals surface area (Å²) < 4.78 is 7.37. The Morgan fingerprint density at radius 3 is 2.32 bits per heavy atom. The first-order chi connectivity index (χ1) is 14.9. The maximum Gasteiger partial charge on any atom is 0.266 e. The fraction of sp³-hybridized carbons (Fsp3) is 0.120. The van der Waals surface area contributed by atoms with Crippen molar-refractivity contribution in [3.8, 4) is 11.8 Å². The van der Waals surface area contributed by atoms with Gasteiger partial charge in [-0.3, -0.25) is 4.79 Å². The third-order valence-electron chi connectivity index (χ3n) is 4.69. The number of aryl methyl sites for hydroxylation is 2. The van der Waals surface area contributed by atoms with Crippen LogP contribution in [0.1, 0.15) is 22.3 Å². The van der Waals surface area contributed by atoms with Crippen LogP contribution in [0, 0.1) is 25.2 Å². The Labute approximate surface area is 198 Å². The van der Waals surface area contributed by atoms with E-state index in [2.05, 4.69) is 37.2 Å². The van der Waals surface area contributed by atoms with Crippen LogP contribution in [0.5, 0.6) is 5.75 Å². The Kier molecular flexibility index (Phi) is 7.67. The highest BCUT2D eigenvalue weighted by molar-refractivity contribution is 9.11. The largest absolute Gasteiger partial charge is 0.487 e. The van der Waals surface area contributed by atoms with Crippen LogP contribution in [-0.4, -0.2) is 5.91 Å². The molecule has 0 atom stereocenters. The van der Waals surface area contributed by atoms with Gasteiger partial charge < -0.3 is 10.1 Å². The minimum Gasteiger partial charge on any atom is -0.487 e. The van der Waals surface area contributed by atoms with Crippen molar-refractivity contribution in [2.24, 2.45) is 0 Å². The number of nitrogens with zero attached hydrogens (tertiary/aromatic N) is 1. The number of benzene rings is 3. The second-order valence-corrected chi connectivity index (χ2v) is 8.72. The zero-order valence-electron chi connectivity index (χ0n) is 17.1. The predicted molar refractivity (Wildman–Crippen MR) is 131 cm³/mol. The molecule has 1 amide bonds. The molecule has 156 valence electrons. The van der Waals surface area contributed by atoms with Crippen LogP contribution in [-0.2, 0) is 11.4 Å². The molecule has 0 unspecified atom stereocenters. The molecule has 0 aromatic heterocycles. The molecule has 0 aliphatic rings. The summed E-state index contributed by atoms with van der Waals surface area (Å²) in [6.07, 6.45) is 1.55. The van der Waals surface area contributed by atoms with E-state index in [1.807, 2.05) is 80.6 Å². The molecule has 0 radical (unpaired) electrons. The van der Waals surface area contributed by atoms with Crippen molar-refractivity contribution in [2.45, 2.75) is 20.5 Å². The van der Waals surface area contributed by atoms with E-state index < -0.39 is 5.91 Å². The quantitative estimate of drug-likeness (QED) is 0.272. The van der Waals surface area contributed by atoms with Crippen molar-refractivity contribution in [1.29, 1.82) is 5.26 Å². The summed E-state index contributed by atoms with van der Waals surface area (Å²) in [6.45, 7) is 4.40. The number of ether oxygens (including phenoxy) is 1. The highest BCUT2D eigenvalue weighted by Crippen LogP contribution is 2.36. The summed E-state index contributed by atoms with van der Waals surface area (Å²) in [5, 5.41) is 12.3. The molecule has 3 rings (SSSR count). The maximum atomic E-state index is 12.6. The molecule has 0 saturated heterocycles. The molecule has 0 aliphatic heterocycles. The smallest absolute Gasteiger partial charge is 0.266 e. The van der Waals surface area contributed by atoms with E-state index in [9.17, 15) is 10.1 Å². The Morgan fingerprint density at radius 2 is 1.71 bits per heavy atom. The fourth-order valence-corrected chi connectivity index (χ4v) is 4.31. The lowest BCUT2D eigenvalue weighted by molar-refractivity contribution is -0.112. The molecule has 3 aromatic rings. The minimum atomic E-state index is -0.456. The maximum absolute atomic E-state index is 12.6. The van der Waals surface area contributed by atoms with E-state index in [0.717, 1.165) is 25.6 Å². The number of anilines is 1. The van der Waals surface area contributed by atoms with Gasteiger partial charge in [0.05, 0.1) is 8.95 Å². The summed E-state index contributed by atoms with van der Waals surface area (Å²) >= 11 is 7.04. The van der Waals surface area contributed by atoms with Gasteiger partial charge in [-0.1, -0.05) is 36.4 Å². The van der Waals surface area contributed by atoms with Crippen molar-refractivity contribution in [2.75, 3.05) is 5.32 Å². The number of carbonyl (C=O) groups excluding carboxylic acids is 1. The molecule has 6 heteroatoms. The van der Waals surface area contributed by atoms with E-state index in [4.69, 9.17) is 4.74 Å². The van der Waals surface area contributed by atoms with Gasteiger partial charge in [-0.25, -0.2) is 0 Å². The highest BCUT2D eigenvalue weighted by Gasteiger charge is 2.13. The number of nitriles is 1. The third-order valence-corrected chi connectivity index (χ3v) is 5.87. The molecule has 1 N–H and O–H groups in total. The number of rotatable bonds is 6. The lowest BCUT2D eigenvalue weighted by Gasteiger charge is -2.12. The zero-order valence-corrected chi connectivity index (χ0v) is 20.2. The van der Waals surface area contributed by atoms with E-state index >= 15 is 0 Å². The Balaban J connectivity index is 1.77. The molecule has 3 aromatic carbocycles. The number of amides is 1. The monoisotopic (exact) mass is 538 g/mol. The third kappa shape index (κ3) is 6.06. The Morgan fingerprint density at radius 1 is 1.03 bits per heavy atom. The average Bonchev–Trinajstić information content (AvgIpc) is 2.74. The van der Waals surface area contributed by atoms with Gasteiger partial charge >= 0.3 is 0 Å². The highest BCUT2D eigenvalue weighted by atomic mass is 79.9. The molecule has 31 heavy (non-hydrogen) atoms. The molecule has 0 aliphatic carbocycles. The van der Waals surface area contributed by atoms with Gasteiger partial charge in [0.1, 0.15) is 24.0 Å². The summed E-state index contributed by atoms with van der Waals surface area (Å²) in [7, 11) is 0.